The summed E-state index contributed by atoms with van der Waals surface area (Å²) < 4.78 is 0. The van der Waals surface area contributed by atoms with Crippen LogP contribution in [-0.4, -0.2) is 18.5 Å². The summed E-state index contributed by atoms with van der Waals surface area (Å²) in [4.78, 5) is 11.4. The Morgan fingerprint density at radius 1 is 1.36 bits per heavy atom. The number of carbonyl (C=O) groups excluding carboxylic acids is 1. The van der Waals surface area contributed by atoms with E-state index >= 15 is 0 Å². The molecule has 3 nitrogen and oxygen atoms in total. The molecular weight excluding hydrogens is 176 g/mol. The van der Waals surface area contributed by atoms with Crippen molar-refractivity contribution in [2.24, 2.45) is 11.7 Å². The van der Waals surface area contributed by atoms with Crippen molar-refractivity contribution in [3.05, 3.63) is 0 Å². The Kier molecular flexibility index (Phi) is 7.48. The van der Waals surface area contributed by atoms with Crippen molar-refractivity contribution < 1.29 is 4.79 Å². The average Bonchev–Trinajstić information content (AvgIpc) is 2.13. The van der Waals surface area contributed by atoms with Crippen LogP contribution in [0, 0.1) is 5.92 Å². The zero-order valence-electron chi connectivity index (χ0n) is 9.68. The van der Waals surface area contributed by atoms with Crippen LogP contribution in [0.5, 0.6) is 0 Å². The number of nitrogens with one attached hydrogen (secondary N) is 1. The minimum absolute atomic E-state index is 0.166. The molecule has 84 valence electrons. The molecule has 0 aromatic heterocycles. The van der Waals surface area contributed by atoms with Crippen molar-refractivity contribution in [3.63, 3.8) is 0 Å². The van der Waals surface area contributed by atoms with Gasteiger partial charge in [-0.3, -0.25) is 4.79 Å². The van der Waals surface area contributed by atoms with Gasteiger partial charge in [0.25, 0.3) is 0 Å². The van der Waals surface area contributed by atoms with Crippen LogP contribution in [0.4, 0.5) is 0 Å². The third-order valence-electron chi connectivity index (χ3n) is 2.55. The van der Waals surface area contributed by atoms with Crippen LogP contribution in [0.3, 0.4) is 0 Å². The van der Waals surface area contributed by atoms with Crippen LogP contribution in [-0.2, 0) is 4.79 Å². The third kappa shape index (κ3) is 6.89. The van der Waals surface area contributed by atoms with Gasteiger partial charge in [-0.15, -0.1) is 0 Å². The third-order valence-corrected chi connectivity index (χ3v) is 2.55. The van der Waals surface area contributed by atoms with Crippen molar-refractivity contribution in [2.45, 2.75) is 52.5 Å². The molecule has 0 aliphatic rings. The summed E-state index contributed by atoms with van der Waals surface area (Å²) in [6.07, 6.45) is 3.68. The molecule has 0 aliphatic carbocycles. The zero-order valence-corrected chi connectivity index (χ0v) is 9.68. The first-order valence-corrected chi connectivity index (χ1v) is 5.62. The highest BCUT2D eigenvalue weighted by Gasteiger charge is 2.09. The number of carbonyl (C=O) groups is 1. The van der Waals surface area contributed by atoms with Gasteiger partial charge in [0.2, 0.25) is 5.91 Å². The molecule has 0 bridgehead atoms. The van der Waals surface area contributed by atoms with Gasteiger partial charge in [-0.2, -0.15) is 0 Å². The first-order chi connectivity index (χ1) is 6.60. The summed E-state index contributed by atoms with van der Waals surface area (Å²) >= 11 is 0. The lowest BCUT2D eigenvalue weighted by molar-refractivity contribution is -0.122. The highest BCUT2D eigenvalue weighted by Crippen LogP contribution is 2.11. The predicted molar refractivity (Wildman–Crippen MR) is 60.0 cm³/mol. The molecule has 0 heterocycles. The molecule has 0 saturated heterocycles. The van der Waals surface area contributed by atoms with E-state index in [1.807, 2.05) is 6.92 Å². The summed E-state index contributed by atoms with van der Waals surface area (Å²) in [6, 6.07) is 0.170. The molecule has 14 heavy (non-hydrogen) atoms. The number of nitrogens with two attached hydrogens (primary N) is 1. The second-order valence-electron chi connectivity index (χ2n) is 4.00. The van der Waals surface area contributed by atoms with Gasteiger partial charge >= 0.3 is 0 Å². The Morgan fingerprint density at radius 3 is 2.36 bits per heavy atom. The standard InChI is InChI=1S/C11H24N2O/c1-4-10(5-2)8-11(14)13-7-6-9(3)12/h9-10H,4-8,12H2,1-3H3,(H,13,14). The first kappa shape index (κ1) is 13.4. The highest BCUT2D eigenvalue weighted by atomic mass is 16.1. The van der Waals surface area contributed by atoms with Gasteiger partial charge < -0.3 is 11.1 Å². The summed E-state index contributed by atoms with van der Waals surface area (Å²) in [5, 5.41) is 2.89. The van der Waals surface area contributed by atoms with Crippen molar-refractivity contribution in [1.29, 1.82) is 0 Å². The molecule has 0 spiro atoms. The zero-order chi connectivity index (χ0) is 11.0. The van der Waals surface area contributed by atoms with Gasteiger partial charge in [-0.05, 0) is 19.3 Å². The van der Waals surface area contributed by atoms with E-state index in [-0.39, 0.29) is 11.9 Å². The molecule has 0 fully saturated rings. The highest BCUT2D eigenvalue weighted by molar-refractivity contribution is 5.76. The van der Waals surface area contributed by atoms with E-state index in [4.69, 9.17) is 5.73 Å². The normalized spacial score (nSPS) is 12.9. The van der Waals surface area contributed by atoms with Crippen LogP contribution in [0.25, 0.3) is 0 Å². The quantitative estimate of drug-likeness (QED) is 0.657. The topological polar surface area (TPSA) is 55.1 Å². The summed E-state index contributed by atoms with van der Waals surface area (Å²) in [5.41, 5.74) is 5.58. The van der Waals surface area contributed by atoms with Crippen LogP contribution >= 0.6 is 0 Å². The average molecular weight is 200 g/mol. The Hall–Kier alpha value is -0.570. The van der Waals surface area contributed by atoms with Crippen molar-refractivity contribution in [1.82, 2.24) is 5.32 Å². The van der Waals surface area contributed by atoms with Gasteiger partial charge in [0, 0.05) is 19.0 Å². The van der Waals surface area contributed by atoms with Crippen molar-refractivity contribution in [2.75, 3.05) is 6.54 Å². The lowest BCUT2D eigenvalue weighted by Gasteiger charge is -2.12. The van der Waals surface area contributed by atoms with Gasteiger partial charge in [0.05, 0.1) is 0 Å². The molecule has 1 atom stereocenters. The minimum atomic E-state index is 0.166. The molecule has 0 aromatic carbocycles. The summed E-state index contributed by atoms with van der Waals surface area (Å²) in [7, 11) is 0. The van der Waals surface area contributed by atoms with E-state index in [0.717, 1.165) is 19.3 Å². The number of hydrogen-bond acceptors (Lipinski definition) is 2. The second-order valence-corrected chi connectivity index (χ2v) is 4.00. The SMILES string of the molecule is CCC(CC)CC(=O)NCCC(C)N. The molecular formula is C11H24N2O. The van der Waals surface area contributed by atoms with Gasteiger partial charge in [0.15, 0.2) is 0 Å². The second kappa shape index (κ2) is 7.80. The number of amides is 1. The minimum Gasteiger partial charge on any atom is -0.356 e. The van der Waals surface area contributed by atoms with E-state index in [9.17, 15) is 4.79 Å². The lowest BCUT2D eigenvalue weighted by Crippen LogP contribution is -2.30. The van der Waals surface area contributed by atoms with E-state index in [1.165, 1.54) is 0 Å². The fourth-order valence-corrected chi connectivity index (χ4v) is 1.35. The monoisotopic (exact) mass is 200 g/mol. The molecule has 0 rings (SSSR count). The van der Waals surface area contributed by atoms with Gasteiger partial charge in [-0.25, -0.2) is 0 Å². The summed E-state index contributed by atoms with van der Waals surface area (Å²) in [5.74, 6) is 0.699. The van der Waals surface area contributed by atoms with Gasteiger partial charge in [-0.1, -0.05) is 26.7 Å². The Morgan fingerprint density at radius 2 is 1.93 bits per heavy atom. The largest absolute Gasteiger partial charge is 0.356 e. The summed E-state index contributed by atoms with van der Waals surface area (Å²) in [6.45, 7) is 6.91. The predicted octanol–water partition coefficient (Wildman–Crippen LogP) is 1.67. The first-order valence-electron chi connectivity index (χ1n) is 5.62. The molecule has 0 saturated carbocycles. The van der Waals surface area contributed by atoms with Crippen LogP contribution < -0.4 is 11.1 Å². The Bertz CT molecular complexity index is 153. The van der Waals surface area contributed by atoms with Crippen LogP contribution in [0.2, 0.25) is 0 Å². The molecule has 3 heteroatoms. The number of hydrogen-bond donors (Lipinski definition) is 2. The van der Waals surface area contributed by atoms with E-state index < -0.39 is 0 Å². The molecule has 3 N–H and O–H groups in total. The molecule has 1 unspecified atom stereocenters. The fourth-order valence-electron chi connectivity index (χ4n) is 1.35. The lowest BCUT2D eigenvalue weighted by atomic mass is 9.99. The van der Waals surface area contributed by atoms with E-state index in [0.29, 0.717) is 18.9 Å². The molecule has 1 amide bonds. The Balaban J connectivity index is 3.54. The Labute approximate surface area is 87.4 Å². The maximum absolute atomic E-state index is 11.4. The molecule has 0 aromatic rings. The van der Waals surface area contributed by atoms with Gasteiger partial charge in [0.1, 0.15) is 0 Å². The molecule has 0 aliphatic heterocycles. The van der Waals surface area contributed by atoms with E-state index in [2.05, 4.69) is 19.2 Å². The maximum atomic E-state index is 11.4. The number of rotatable bonds is 7. The molecule has 0 radical (unpaired) electrons. The van der Waals surface area contributed by atoms with Crippen molar-refractivity contribution in [3.8, 4) is 0 Å². The van der Waals surface area contributed by atoms with E-state index in [1.54, 1.807) is 0 Å². The fraction of sp³-hybridized carbons (Fsp3) is 0.909. The smallest absolute Gasteiger partial charge is 0.220 e. The van der Waals surface area contributed by atoms with Crippen molar-refractivity contribution >= 4 is 5.91 Å². The van der Waals surface area contributed by atoms with Crippen LogP contribution in [0.15, 0.2) is 0 Å². The maximum Gasteiger partial charge on any atom is 0.220 e. The van der Waals surface area contributed by atoms with Crippen LogP contribution in [0.1, 0.15) is 46.5 Å².